The Bertz CT molecular complexity index is 422. The highest BCUT2D eigenvalue weighted by Crippen LogP contribution is 2.25. The van der Waals surface area contributed by atoms with E-state index >= 15 is 0 Å². The van der Waals surface area contributed by atoms with E-state index in [-0.39, 0.29) is 5.60 Å². The van der Waals surface area contributed by atoms with Gasteiger partial charge in [-0.1, -0.05) is 26.1 Å². The third-order valence-electron chi connectivity index (χ3n) is 3.24. The monoisotopic (exact) mass is 240 g/mol. The first-order valence-corrected chi connectivity index (χ1v) is 6.04. The van der Waals surface area contributed by atoms with Gasteiger partial charge in [0.1, 0.15) is 16.1 Å². The molecule has 16 heavy (non-hydrogen) atoms. The molecule has 1 aromatic heterocycles. The van der Waals surface area contributed by atoms with Gasteiger partial charge in [0.2, 0.25) is 0 Å². The summed E-state index contributed by atoms with van der Waals surface area (Å²) >= 11 is 5.27. The van der Waals surface area contributed by atoms with Gasteiger partial charge in [-0.15, -0.1) is 0 Å². The fourth-order valence-corrected chi connectivity index (χ4v) is 1.81. The average molecular weight is 240 g/mol. The van der Waals surface area contributed by atoms with Crippen molar-refractivity contribution in [3.63, 3.8) is 0 Å². The molecular formula is C12H20N2OS. The Morgan fingerprint density at radius 2 is 2.06 bits per heavy atom. The minimum Gasteiger partial charge on any atom is -0.371 e. The van der Waals surface area contributed by atoms with Crippen molar-refractivity contribution in [3.8, 4) is 0 Å². The zero-order chi connectivity index (χ0) is 12.3. The summed E-state index contributed by atoms with van der Waals surface area (Å²) in [5.41, 5.74) is 1.83. The molecule has 1 aromatic rings. The van der Waals surface area contributed by atoms with Crippen LogP contribution in [0.5, 0.6) is 0 Å². The van der Waals surface area contributed by atoms with Gasteiger partial charge in [0.05, 0.1) is 0 Å². The summed E-state index contributed by atoms with van der Waals surface area (Å²) in [4.78, 5) is 7.77. The summed E-state index contributed by atoms with van der Waals surface area (Å²) in [6, 6.07) is 0. The Balaban J connectivity index is 3.36. The van der Waals surface area contributed by atoms with Gasteiger partial charge in [0, 0.05) is 18.4 Å². The van der Waals surface area contributed by atoms with E-state index in [1.165, 1.54) is 0 Å². The maximum atomic E-state index is 5.53. The molecule has 0 aromatic carbocycles. The molecule has 0 aliphatic carbocycles. The lowest BCUT2D eigenvalue weighted by Gasteiger charge is -2.26. The van der Waals surface area contributed by atoms with Crippen LogP contribution in [-0.4, -0.2) is 17.1 Å². The number of nitrogens with zero attached hydrogens (tertiary/aromatic N) is 1. The summed E-state index contributed by atoms with van der Waals surface area (Å²) in [6.07, 6.45) is 1.78. The second-order valence-corrected chi connectivity index (χ2v) is 4.52. The average Bonchev–Trinajstić information content (AvgIpc) is 2.31. The van der Waals surface area contributed by atoms with E-state index in [2.05, 4.69) is 23.8 Å². The molecule has 3 nitrogen and oxygen atoms in total. The Morgan fingerprint density at radius 1 is 1.44 bits per heavy atom. The number of aromatic nitrogens is 2. The number of methoxy groups -OCH3 is 1. The molecule has 0 saturated carbocycles. The molecule has 0 fully saturated rings. The van der Waals surface area contributed by atoms with Crippen LogP contribution in [0.3, 0.4) is 0 Å². The first-order chi connectivity index (χ1) is 7.48. The summed E-state index contributed by atoms with van der Waals surface area (Å²) in [6.45, 7) is 8.21. The van der Waals surface area contributed by atoms with Crippen molar-refractivity contribution in [1.29, 1.82) is 0 Å². The van der Waals surface area contributed by atoms with Crippen LogP contribution in [0.25, 0.3) is 0 Å². The smallest absolute Gasteiger partial charge is 0.140 e. The van der Waals surface area contributed by atoms with Crippen LogP contribution >= 0.6 is 12.2 Å². The number of aromatic amines is 1. The molecule has 0 bridgehead atoms. The zero-order valence-electron chi connectivity index (χ0n) is 10.7. The van der Waals surface area contributed by atoms with Crippen molar-refractivity contribution in [2.45, 2.75) is 46.1 Å². The largest absolute Gasteiger partial charge is 0.371 e. The molecule has 0 spiro atoms. The van der Waals surface area contributed by atoms with Crippen molar-refractivity contribution in [3.05, 3.63) is 21.7 Å². The van der Waals surface area contributed by atoms with Crippen LogP contribution in [-0.2, 0) is 16.8 Å². The van der Waals surface area contributed by atoms with E-state index in [0.29, 0.717) is 4.64 Å². The van der Waals surface area contributed by atoms with Crippen LogP contribution in [0.2, 0.25) is 0 Å². The zero-order valence-corrected chi connectivity index (χ0v) is 11.5. The van der Waals surface area contributed by atoms with E-state index in [9.17, 15) is 0 Å². The highest BCUT2D eigenvalue weighted by molar-refractivity contribution is 7.71. The lowest BCUT2D eigenvalue weighted by Crippen LogP contribution is -2.27. The predicted octanol–water partition coefficient (Wildman–Crippen LogP) is 3.28. The van der Waals surface area contributed by atoms with Crippen molar-refractivity contribution in [1.82, 2.24) is 9.97 Å². The van der Waals surface area contributed by atoms with Crippen molar-refractivity contribution in [2.24, 2.45) is 0 Å². The Morgan fingerprint density at radius 3 is 2.50 bits per heavy atom. The fourth-order valence-electron chi connectivity index (χ4n) is 1.59. The van der Waals surface area contributed by atoms with Crippen LogP contribution in [0.15, 0.2) is 0 Å². The minimum absolute atomic E-state index is 0.384. The minimum atomic E-state index is -0.384. The quantitative estimate of drug-likeness (QED) is 0.821. The van der Waals surface area contributed by atoms with Crippen molar-refractivity contribution >= 4 is 12.2 Å². The fraction of sp³-hybridized carbons (Fsp3) is 0.667. The van der Waals surface area contributed by atoms with Crippen LogP contribution in [0.1, 0.15) is 44.3 Å². The summed E-state index contributed by atoms with van der Waals surface area (Å²) in [5, 5.41) is 0. The maximum Gasteiger partial charge on any atom is 0.140 e. The summed E-state index contributed by atoms with van der Waals surface area (Å²) in [5.74, 6) is 0.824. The molecule has 0 amide bonds. The number of ether oxygens (including phenoxy) is 1. The van der Waals surface area contributed by atoms with Gasteiger partial charge in [0.25, 0.3) is 0 Å². The molecule has 0 aliphatic rings. The lowest BCUT2D eigenvalue weighted by molar-refractivity contribution is -0.00926. The van der Waals surface area contributed by atoms with Gasteiger partial charge >= 0.3 is 0 Å². The third kappa shape index (κ3) is 2.33. The van der Waals surface area contributed by atoms with Gasteiger partial charge in [-0.2, -0.15) is 0 Å². The Hall–Kier alpha value is -0.740. The van der Waals surface area contributed by atoms with Gasteiger partial charge in [-0.05, 0) is 26.7 Å². The number of aryl methyl sites for hydroxylation is 1. The van der Waals surface area contributed by atoms with Crippen LogP contribution < -0.4 is 0 Å². The molecule has 1 rings (SSSR count). The number of nitrogens with one attached hydrogen (secondary N) is 1. The number of hydrogen-bond donors (Lipinski definition) is 1. The maximum absolute atomic E-state index is 5.53. The third-order valence-corrected chi connectivity index (χ3v) is 3.63. The molecule has 0 aliphatic heterocycles. The SMILES string of the molecule is CCc1[nH]c(C(C)(CC)OC)nc(=S)c1C. The Labute approximate surface area is 102 Å². The van der Waals surface area contributed by atoms with E-state index in [1.807, 2.05) is 13.8 Å². The molecule has 1 N–H and O–H groups in total. The molecule has 0 radical (unpaired) electrons. The van der Waals surface area contributed by atoms with E-state index in [0.717, 1.165) is 29.9 Å². The molecular weight excluding hydrogens is 220 g/mol. The van der Waals surface area contributed by atoms with Crippen molar-refractivity contribution < 1.29 is 4.74 Å². The van der Waals surface area contributed by atoms with Gasteiger partial charge < -0.3 is 9.72 Å². The highest BCUT2D eigenvalue weighted by atomic mass is 32.1. The molecule has 4 heteroatoms. The number of hydrogen-bond acceptors (Lipinski definition) is 3. The predicted molar refractivity (Wildman–Crippen MR) is 68.2 cm³/mol. The molecule has 1 atom stereocenters. The standard InChI is InChI=1S/C12H20N2OS/c1-6-9-8(3)10(16)14-11(13-9)12(4,7-2)15-5/h6-7H2,1-5H3,(H,13,14,16). The second kappa shape index (κ2) is 5.06. The van der Waals surface area contributed by atoms with Crippen LogP contribution in [0.4, 0.5) is 0 Å². The van der Waals surface area contributed by atoms with Gasteiger partial charge in [0.15, 0.2) is 0 Å². The van der Waals surface area contributed by atoms with Crippen LogP contribution in [0, 0.1) is 11.6 Å². The summed E-state index contributed by atoms with van der Waals surface area (Å²) in [7, 11) is 1.70. The molecule has 0 saturated heterocycles. The second-order valence-electron chi connectivity index (χ2n) is 4.14. The van der Waals surface area contributed by atoms with Gasteiger partial charge in [-0.25, -0.2) is 4.98 Å². The molecule has 1 unspecified atom stereocenters. The Kier molecular flexibility index (Phi) is 4.21. The van der Waals surface area contributed by atoms with E-state index in [1.54, 1.807) is 7.11 Å². The summed E-state index contributed by atoms with van der Waals surface area (Å²) < 4.78 is 6.20. The molecule has 1 heterocycles. The van der Waals surface area contributed by atoms with E-state index < -0.39 is 0 Å². The lowest BCUT2D eigenvalue weighted by atomic mass is 10.0. The topological polar surface area (TPSA) is 37.9 Å². The molecule has 90 valence electrons. The number of H-pyrrole nitrogens is 1. The normalized spacial score (nSPS) is 14.8. The first kappa shape index (κ1) is 13.3. The highest BCUT2D eigenvalue weighted by Gasteiger charge is 2.27. The van der Waals surface area contributed by atoms with Gasteiger partial charge in [-0.3, -0.25) is 0 Å². The van der Waals surface area contributed by atoms with Crippen molar-refractivity contribution in [2.75, 3.05) is 7.11 Å². The van der Waals surface area contributed by atoms with E-state index in [4.69, 9.17) is 17.0 Å². The number of rotatable bonds is 4. The first-order valence-electron chi connectivity index (χ1n) is 5.64.